The summed E-state index contributed by atoms with van der Waals surface area (Å²) in [5.74, 6) is 0.0934. The Labute approximate surface area is 85.3 Å². The molecule has 3 atom stereocenters. The number of rotatable bonds is 3. The van der Waals surface area contributed by atoms with E-state index in [1.54, 1.807) is 4.90 Å². The number of β-amino-alcohol motifs (C(OH)–C–C–N with tert-alkyl or cyclic N) is 1. The zero-order valence-electron chi connectivity index (χ0n) is 9.16. The highest BCUT2D eigenvalue weighted by atomic mass is 16.3. The predicted molar refractivity (Wildman–Crippen MR) is 54.9 cm³/mol. The molecule has 1 saturated heterocycles. The number of aliphatic hydroxyl groups is 1. The number of carbonyl (C=O) groups excluding carboxylic acids is 1. The fourth-order valence-electron chi connectivity index (χ4n) is 1.64. The van der Waals surface area contributed by atoms with Gasteiger partial charge in [0.25, 0.3) is 0 Å². The van der Waals surface area contributed by atoms with E-state index in [4.69, 9.17) is 0 Å². The molecule has 0 aromatic carbocycles. The lowest BCUT2D eigenvalue weighted by Crippen LogP contribution is -2.45. The maximum Gasteiger partial charge on any atom is 0.239 e. The second-order valence-corrected chi connectivity index (χ2v) is 4.06. The van der Waals surface area contributed by atoms with Crippen LogP contribution in [0.5, 0.6) is 0 Å². The third kappa shape index (κ3) is 2.45. The van der Waals surface area contributed by atoms with Crippen LogP contribution in [0.3, 0.4) is 0 Å². The topological polar surface area (TPSA) is 52.6 Å². The van der Waals surface area contributed by atoms with Gasteiger partial charge < -0.3 is 15.3 Å². The number of hydrogen-bond acceptors (Lipinski definition) is 3. The van der Waals surface area contributed by atoms with Crippen LogP contribution < -0.4 is 5.32 Å². The molecule has 0 spiro atoms. The molecular weight excluding hydrogens is 180 g/mol. The summed E-state index contributed by atoms with van der Waals surface area (Å²) in [6, 6.07) is 0.0750. The molecule has 1 heterocycles. The molecule has 2 N–H and O–H groups in total. The van der Waals surface area contributed by atoms with Crippen LogP contribution >= 0.6 is 0 Å². The van der Waals surface area contributed by atoms with Gasteiger partial charge in [-0.05, 0) is 19.8 Å². The lowest BCUT2D eigenvalue weighted by molar-refractivity contribution is -0.133. The molecule has 1 amide bonds. The van der Waals surface area contributed by atoms with Crippen molar-refractivity contribution in [3.63, 3.8) is 0 Å². The molecule has 3 unspecified atom stereocenters. The molecule has 0 aromatic rings. The van der Waals surface area contributed by atoms with Crippen molar-refractivity contribution < 1.29 is 9.90 Å². The third-order valence-corrected chi connectivity index (χ3v) is 3.01. The van der Waals surface area contributed by atoms with Crippen LogP contribution in [-0.4, -0.2) is 47.7 Å². The zero-order chi connectivity index (χ0) is 10.7. The highest BCUT2D eigenvalue weighted by Gasteiger charge is 2.30. The summed E-state index contributed by atoms with van der Waals surface area (Å²) in [6.07, 6.45) is 1.13. The molecule has 1 aliphatic heterocycles. The minimum Gasteiger partial charge on any atom is -0.392 e. The maximum absolute atomic E-state index is 11.8. The van der Waals surface area contributed by atoms with E-state index in [1.165, 1.54) is 0 Å². The fraction of sp³-hybridized carbons (Fsp3) is 0.900. The average molecular weight is 200 g/mol. The van der Waals surface area contributed by atoms with Crippen molar-refractivity contribution in [1.82, 2.24) is 10.2 Å². The van der Waals surface area contributed by atoms with Crippen molar-refractivity contribution in [3.8, 4) is 0 Å². The lowest BCUT2D eigenvalue weighted by atomic mass is 10.1. The molecule has 4 nitrogen and oxygen atoms in total. The summed E-state index contributed by atoms with van der Waals surface area (Å²) in [5.41, 5.74) is 0. The Kier molecular flexibility index (Phi) is 3.89. The molecule has 1 rings (SSSR count). The molecule has 14 heavy (non-hydrogen) atoms. The summed E-state index contributed by atoms with van der Waals surface area (Å²) < 4.78 is 0. The Morgan fingerprint density at radius 2 is 2.36 bits per heavy atom. The molecule has 0 radical (unpaired) electrons. The van der Waals surface area contributed by atoms with Crippen molar-refractivity contribution >= 4 is 5.91 Å². The van der Waals surface area contributed by atoms with Gasteiger partial charge in [0.05, 0.1) is 12.1 Å². The van der Waals surface area contributed by atoms with Crippen LogP contribution in [0.4, 0.5) is 0 Å². The molecule has 82 valence electrons. The zero-order valence-corrected chi connectivity index (χ0v) is 9.16. The smallest absolute Gasteiger partial charge is 0.239 e. The van der Waals surface area contributed by atoms with Crippen molar-refractivity contribution in [3.05, 3.63) is 0 Å². The molecule has 1 fully saturated rings. The number of likely N-dealkylation sites (N-methyl/N-ethyl adjacent to an activating group) is 1. The highest BCUT2D eigenvalue weighted by Crippen LogP contribution is 2.11. The van der Waals surface area contributed by atoms with Gasteiger partial charge in [-0.3, -0.25) is 4.79 Å². The minimum absolute atomic E-state index is 0.0934. The predicted octanol–water partition coefficient (Wildman–Crippen LogP) is -0.0339. The minimum atomic E-state index is -0.366. The van der Waals surface area contributed by atoms with Gasteiger partial charge in [-0.25, -0.2) is 0 Å². The lowest BCUT2D eigenvalue weighted by Gasteiger charge is -2.26. The van der Waals surface area contributed by atoms with E-state index in [0.717, 1.165) is 6.42 Å². The Morgan fingerprint density at radius 1 is 1.71 bits per heavy atom. The quantitative estimate of drug-likeness (QED) is 0.672. The Morgan fingerprint density at radius 3 is 2.79 bits per heavy atom. The van der Waals surface area contributed by atoms with Gasteiger partial charge in [0, 0.05) is 19.6 Å². The van der Waals surface area contributed by atoms with Crippen LogP contribution in [0.25, 0.3) is 0 Å². The van der Waals surface area contributed by atoms with E-state index in [0.29, 0.717) is 13.0 Å². The molecular formula is C10H20N2O2. The standard InChI is InChI=1S/C10H20N2O2/c1-4-7(2)12(3)10(14)9-5-8(13)6-11-9/h7-9,11,13H,4-6H2,1-3H3. The van der Waals surface area contributed by atoms with Gasteiger partial charge in [0.1, 0.15) is 0 Å². The SMILES string of the molecule is CCC(C)N(C)C(=O)C1CC(O)CN1. The summed E-state index contributed by atoms with van der Waals surface area (Å²) in [4.78, 5) is 13.6. The second kappa shape index (κ2) is 4.75. The molecule has 0 saturated carbocycles. The van der Waals surface area contributed by atoms with Crippen LogP contribution in [0, 0.1) is 0 Å². The van der Waals surface area contributed by atoms with Gasteiger partial charge in [-0.15, -0.1) is 0 Å². The molecule has 0 aliphatic carbocycles. The van der Waals surface area contributed by atoms with Crippen LogP contribution in [0.2, 0.25) is 0 Å². The number of carbonyl (C=O) groups is 1. The first-order valence-electron chi connectivity index (χ1n) is 5.24. The number of nitrogens with zero attached hydrogens (tertiary/aromatic N) is 1. The number of aliphatic hydroxyl groups excluding tert-OH is 1. The van der Waals surface area contributed by atoms with Gasteiger partial charge in [-0.2, -0.15) is 0 Å². The van der Waals surface area contributed by atoms with Crippen molar-refractivity contribution in [2.24, 2.45) is 0 Å². The van der Waals surface area contributed by atoms with Crippen LogP contribution in [0.15, 0.2) is 0 Å². The monoisotopic (exact) mass is 200 g/mol. The first-order chi connectivity index (χ1) is 6.56. The summed E-state index contributed by atoms with van der Waals surface area (Å²) in [5, 5.41) is 12.3. The van der Waals surface area contributed by atoms with Crippen LogP contribution in [0.1, 0.15) is 26.7 Å². The maximum atomic E-state index is 11.8. The fourth-order valence-corrected chi connectivity index (χ4v) is 1.64. The normalized spacial score (nSPS) is 28.9. The molecule has 1 aliphatic rings. The highest BCUT2D eigenvalue weighted by molar-refractivity contribution is 5.82. The first-order valence-corrected chi connectivity index (χ1v) is 5.24. The Hall–Kier alpha value is -0.610. The van der Waals surface area contributed by atoms with Crippen molar-refractivity contribution in [2.45, 2.75) is 44.9 Å². The van der Waals surface area contributed by atoms with Gasteiger partial charge in [-0.1, -0.05) is 6.92 Å². The van der Waals surface area contributed by atoms with E-state index in [2.05, 4.69) is 12.2 Å². The Bertz CT molecular complexity index is 204. The second-order valence-electron chi connectivity index (χ2n) is 4.06. The average Bonchev–Trinajstić information content (AvgIpc) is 2.61. The summed E-state index contributed by atoms with van der Waals surface area (Å²) in [7, 11) is 1.82. The van der Waals surface area contributed by atoms with E-state index >= 15 is 0 Å². The molecule has 0 bridgehead atoms. The van der Waals surface area contributed by atoms with Crippen molar-refractivity contribution in [1.29, 1.82) is 0 Å². The van der Waals surface area contributed by atoms with E-state index in [1.807, 2.05) is 14.0 Å². The number of nitrogens with one attached hydrogen (secondary N) is 1. The summed E-state index contributed by atoms with van der Waals surface area (Å²) in [6.45, 7) is 4.62. The van der Waals surface area contributed by atoms with Gasteiger partial charge >= 0.3 is 0 Å². The number of hydrogen-bond donors (Lipinski definition) is 2. The van der Waals surface area contributed by atoms with Gasteiger partial charge in [0.15, 0.2) is 0 Å². The largest absolute Gasteiger partial charge is 0.392 e. The molecule has 0 aromatic heterocycles. The summed E-state index contributed by atoms with van der Waals surface area (Å²) >= 11 is 0. The number of amides is 1. The third-order valence-electron chi connectivity index (χ3n) is 3.01. The van der Waals surface area contributed by atoms with Crippen molar-refractivity contribution in [2.75, 3.05) is 13.6 Å². The van der Waals surface area contributed by atoms with E-state index < -0.39 is 0 Å². The van der Waals surface area contributed by atoms with E-state index in [-0.39, 0.29) is 24.1 Å². The molecule has 4 heteroatoms. The van der Waals surface area contributed by atoms with Gasteiger partial charge in [0.2, 0.25) is 5.91 Å². The van der Waals surface area contributed by atoms with Crippen LogP contribution in [-0.2, 0) is 4.79 Å². The Balaban J connectivity index is 2.48. The van der Waals surface area contributed by atoms with E-state index in [9.17, 15) is 9.90 Å². The first kappa shape index (κ1) is 11.5.